The fourth-order valence-corrected chi connectivity index (χ4v) is 2.01. The van der Waals surface area contributed by atoms with E-state index in [0.717, 1.165) is 12.8 Å². The summed E-state index contributed by atoms with van der Waals surface area (Å²) in [7, 11) is 4.04. The highest BCUT2D eigenvalue weighted by molar-refractivity contribution is 5.75. The fourth-order valence-electron chi connectivity index (χ4n) is 2.01. The van der Waals surface area contributed by atoms with Crippen LogP contribution in [0.25, 0.3) is 0 Å². The second-order valence-corrected chi connectivity index (χ2v) is 5.28. The molecule has 1 unspecified atom stereocenters. The average molecular weight is 257 g/mol. The Hall–Kier alpha value is -1.30. The molecule has 0 aliphatic heterocycles. The molecule has 2 amide bonds. The Kier molecular flexibility index (Phi) is 4.95. The van der Waals surface area contributed by atoms with E-state index in [1.807, 2.05) is 14.1 Å². The first-order valence-electron chi connectivity index (χ1n) is 6.29. The topological polar surface area (TPSA) is 81.7 Å². The number of amides is 2. The van der Waals surface area contributed by atoms with Crippen LogP contribution in [0.4, 0.5) is 4.79 Å². The molecule has 0 aromatic carbocycles. The second-order valence-electron chi connectivity index (χ2n) is 5.28. The van der Waals surface area contributed by atoms with Crippen LogP contribution in [0.5, 0.6) is 0 Å². The molecule has 0 heterocycles. The van der Waals surface area contributed by atoms with Gasteiger partial charge in [0.1, 0.15) is 0 Å². The van der Waals surface area contributed by atoms with E-state index in [1.54, 1.807) is 6.92 Å². The van der Waals surface area contributed by atoms with E-state index < -0.39 is 11.9 Å². The molecule has 6 nitrogen and oxygen atoms in total. The van der Waals surface area contributed by atoms with Crippen LogP contribution in [0.15, 0.2) is 0 Å². The number of urea groups is 1. The average Bonchev–Trinajstić information content (AvgIpc) is 2.23. The summed E-state index contributed by atoms with van der Waals surface area (Å²) < 4.78 is 0. The summed E-state index contributed by atoms with van der Waals surface area (Å²) in [4.78, 5) is 24.3. The molecule has 0 radical (unpaired) electrons. The number of carbonyl (C=O) groups excluding carboxylic acids is 1. The highest BCUT2D eigenvalue weighted by atomic mass is 16.4. The van der Waals surface area contributed by atoms with E-state index in [0.29, 0.717) is 6.54 Å². The van der Waals surface area contributed by atoms with Gasteiger partial charge in [-0.2, -0.15) is 0 Å². The van der Waals surface area contributed by atoms with Crippen molar-refractivity contribution in [1.82, 2.24) is 15.5 Å². The number of carboxylic acid groups (broad SMARTS) is 1. The van der Waals surface area contributed by atoms with Gasteiger partial charge in [-0.05, 0) is 33.4 Å². The lowest BCUT2D eigenvalue weighted by molar-refractivity contribution is -0.140. The van der Waals surface area contributed by atoms with Gasteiger partial charge in [0.05, 0.1) is 5.92 Å². The molecule has 1 saturated carbocycles. The van der Waals surface area contributed by atoms with Crippen LogP contribution in [0.2, 0.25) is 0 Å². The number of carboxylic acids is 1. The first-order chi connectivity index (χ1) is 8.37. The van der Waals surface area contributed by atoms with Crippen molar-refractivity contribution in [2.24, 2.45) is 5.92 Å². The largest absolute Gasteiger partial charge is 0.481 e. The minimum Gasteiger partial charge on any atom is -0.481 e. The molecular weight excluding hydrogens is 234 g/mol. The van der Waals surface area contributed by atoms with Crippen molar-refractivity contribution < 1.29 is 14.7 Å². The van der Waals surface area contributed by atoms with Gasteiger partial charge in [0.15, 0.2) is 0 Å². The lowest BCUT2D eigenvalue weighted by Crippen LogP contribution is -2.58. The summed E-state index contributed by atoms with van der Waals surface area (Å²) in [6, 6.07) is -0.295. The third-order valence-electron chi connectivity index (χ3n) is 3.80. The summed E-state index contributed by atoms with van der Waals surface area (Å²) in [5, 5.41) is 14.1. The minimum absolute atomic E-state index is 0.0791. The number of hydrogen-bond donors (Lipinski definition) is 3. The number of nitrogens with one attached hydrogen (secondary N) is 2. The van der Waals surface area contributed by atoms with E-state index in [4.69, 9.17) is 5.11 Å². The normalized spacial score (nSPS) is 18.9. The number of carbonyl (C=O) groups is 2. The molecule has 0 spiro atoms. The van der Waals surface area contributed by atoms with Crippen LogP contribution in [-0.2, 0) is 4.79 Å². The van der Waals surface area contributed by atoms with Gasteiger partial charge in [-0.3, -0.25) is 4.79 Å². The van der Waals surface area contributed by atoms with Crippen molar-refractivity contribution in [1.29, 1.82) is 0 Å². The SMILES string of the molecule is CC(CNC(=O)NCC1(N(C)C)CCC1)C(=O)O. The number of rotatable bonds is 6. The first kappa shape index (κ1) is 14.8. The maximum atomic E-state index is 11.5. The highest BCUT2D eigenvalue weighted by Gasteiger charge is 2.39. The zero-order chi connectivity index (χ0) is 13.8. The van der Waals surface area contributed by atoms with Gasteiger partial charge >= 0.3 is 12.0 Å². The maximum Gasteiger partial charge on any atom is 0.314 e. The molecule has 18 heavy (non-hydrogen) atoms. The van der Waals surface area contributed by atoms with Gasteiger partial charge in [-0.15, -0.1) is 0 Å². The molecule has 1 rings (SSSR count). The van der Waals surface area contributed by atoms with Crippen molar-refractivity contribution in [2.75, 3.05) is 27.2 Å². The Morgan fingerprint density at radius 3 is 2.33 bits per heavy atom. The Morgan fingerprint density at radius 2 is 1.94 bits per heavy atom. The second kappa shape index (κ2) is 6.04. The number of hydrogen-bond acceptors (Lipinski definition) is 3. The fraction of sp³-hybridized carbons (Fsp3) is 0.833. The molecule has 6 heteroatoms. The lowest BCUT2D eigenvalue weighted by atomic mass is 9.75. The minimum atomic E-state index is -0.904. The van der Waals surface area contributed by atoms with E-state index in [-0.39, 0.29) is 18.1 Å². The van der Waals surface area contributed by atoms with Crippen LogP contribution in [0.1, 0.15) is 26.2 Å². The van der Waals surface area contributed by atoms with E-state index in [9.17, 15) is 9.59 Å². The highest BCUT2D eigenvalue weighted by Crippen LogP contribution is 2.35. The van der Waals surface area contributed by atoms with E-state index in [2.05, 4.69) is 15.5 Å². The van der Waals surface area contributed by atoms with Gasteiger partial charge in [-0.1, -0.05) is 6.92 Å². The molecule has 1 aliphatic carbocycles. The van der Waals surface area contributed by atoms with Gasteiger partial charge in [-0.25, -0.2) is 4.79 Å². The monoisotopic (exact) mass is 257 g/mol. The number of likely N-dealkylation sites (N-methyl/N-ethyl adjacent to an activating group) is 1. The van der Waals surface area contributed by atoms with E-state index in [1.165, 1.54) is 6.42 Å². The van der Waals surface area contributed by atoms with Crippen LogP contribution >= 0.6 is 0 Å². The molecule has 1 aliphatic rings. The maximum absolute atomic E-state index is 11.5. The lowest BCUT2D eigenvalue weighted by Gasteiger charge is -2.47. The molecule has 0 aromatic heterocycles. The molecule has 1 fully saturated rings. The van der Waals surface area contributed by atoms with Gasteiger partial charge < -0.3 is 20.6 Å². The summed E-state index contributed by atoms with van der Waals surface area (Å²) in [6.45, 7) is 2.32. The molecule has 3 N–H and O–H groups in total. The van der Waals surface area contributed by atoms with Gasteiger partial charge in [0, 0.05) is 18.6 Å². The van der Waals surface area contributed by atoms with Gasteiger partial charge in [0.2, 0.25) is 0 Å². The van der Waals surface area contributed by atoms with Crippen molar-refractivity contribution in [3.8, 4) is 0 Å². The molecule has 1 atom stereocenters. The predicted molar refractivity (Wildman–Crippen MR) is 68.5 cm³/mol. The summed E-state index contributed by atoms with van der Waals surface area (Å²) >= 11 is 0. The summed E-state index contributed by atoms with van der Waals surface area (Å²) in [5.74, 6) is -1.47. The molecule has 0 aromatic rings. The zero-order valence-corrected chi connectivity index (χ0v) is 11.3. The molecular formula is C12H23N3O3. The van der Waals surface area contributed by atoms with Crippen molar-refractivity contribution in [2.45, 2.75) is 31.7 Å². The van der Waals surface area contributed by atoms with Crippen molar-refractivity contribution in [3.63, 3.8) is 0 Å². The van der Waals surface area contributed by atoms with Crippen LogP contribution in [0.3, 0.4) is 0 Å². The predicted octanol–water partition coefficient (Wildman–Crippen LogP) is 0.491. The Balaban J connectivity index is 2.27. The molecule has 104 valence electrons. The molecule has 0 bridgehead atoms. The quantitative estimate of drug-likeness (QED) is 0.647. The number of nitrogens with zero attached hydrogens (tertiary/aromatic N) is 1. The number of aliphatic carboxylic acids is 1. The smallest absolute Gasteiger partial charge is 0.314 e. The summed E-state index contributed by atoms with van der Waals surface area (Å²) in [5.41, 5.74) is 0.0791. The third kappa shape index (κ3) is 3.60. The Bertz CT molecular complexity index is 314. The standard InChI is InChI=1S/C12H23N3O3/c1-9(10(16)17)7-13-11(18)14-8-12(15(2)3)5-4-6-12/h9H,4-8H2,1-3H3,(H,16,17)(H2,13,14,18). The van der Waals surface area contributed by atoms with Crippen LogP contribution in [-0.4, -0.2) is 54.7 Å². The van der Waals surface area contributed by atoms with Crippen LogP contribution < -0.4 is 10.6 Å². The van der Waals surface area contributed by atoms with E-state index >= 15 is 0 Å². The Labute approximate surface area is 108 Å². The zero-order valence-electron chi connectivity index (χ0n) is 11.3. The van der Waals surface area contributed by atoms with Crippen molar-refractivity contribution >= 4 is 12.0 Å². The molecule has 0 saturated heterocycles. The van der Waals surface area contributed by atoms with Crippen LogP contribution in [0, 0.1) is 5.92 Å². The van der Waals surface area contributed by atoms with Gasteiger partial charge in [0.25, 0.3) is 0 Å². The Morgan fingerprint density at radius 1 is 1.33 bits per heavy atom. The van der Waals surface area contributed by atoms with Crippen molar-refractivity contribution in [3.05, 3.63) is 0 Å². The first-order valence-corrected chi connectivity index (χ1v) is 6.29. The summed E-state index contributed by atoms with van der Waals surface area (Å²) in [6.07, 6.45) is 3.37. The third-order valence-corrected chi connectivity index (χ3v) is 3.80.